The van der Waals surface area contributed by atoms with Crippen LogP contribution in [0.2, 0.25) is 5.02 Å². The van der Waals surface area contributed by atoms with Crippen LogP contribution in [0.3, 0.4) is 0 Å². The fourth-order valence-electron chi connectivity index (χ4n) is 2.51. The molecule has 3 rings (SSSR count). The SMILES string of the molecule is CCSc1ccc(Cl)cc1C(=O)Nc1cnn(-c2ccccc2)c1C. The van der Waals surface area contributed by atoms with Crippen LogP contribution in [0.4, 0.5) is 5.69 Å². The molecule has 6 heteroatoms. The first kappa shape index (κ1) is 17.6. The summed E-state index contributed by atoms with van der Waals surface area (Å²) in [5, 5.41) is 7.87. The van der Waals surface area contributed by atoms with Crippen LogP contribution < -0.4 is 5.32 Å². The van der Waals surface area contributed by atoms with Crippen molar-refractivity contribution in [3.05, 3.63) is 71.0 Å². The summed E-state index contributed by atoms with van der Waals surface area (Å²) in [6, 6.07) is 15.2. The Morgan fingerprint density at radius 1 is 1.24 bits per heavy atom. The van der Waals surface area contributed by atoms with Gasteiger partial charge in [-0.1, -0.05) is 36.7 Å². The number of aromatic nitrogens is 2. The highest BCUT2D eigenvalue weighted by Crippen LogP contribution is 2.27. The van der Waals surface area contributed by atoms with Gasteiger partial charge in [-0.15, -0.1) is 11.8 Å². The van der Waals surface area contributed by atoms with E-state index in [0.717, 1.165) is 22.0 Å². The summed E-state index contributed by atoms with van der Waals surface area (Å²) in [7, 11) is 0. The van der Waals surface area contributed by atoms with Gasteiger partial charge in [0.15, 0.2) is 0 Å². The monoisotopic (exact) mass is 371 g/mol. The maximum absolute atomic E-state index is 12.7. The summed E-state index contributed by atoms with van der Waals surface area (Å²) in [5.74, 6) is 0.696. The third-order valence-corrected chi connectivity index (χ3v) is 4.94. The Balaban J connectivity index is 1.88. The molecule has 0 spiro atoms. The van der Waals surface area contributed by atoms with Gasteiger partial charge in [0.2, 0.25) is 0 Å². The smallest absolute Gasteiger partial charge is 0.256 e. The van der Waals surface area contributed by atoms with Gasteiger partial charge in [0.05, 0.1) is 28.8 Å². The Labute approximate surface area is 156 Å². The van der Waals surface area contributed by atoms with Crippen molar-refractivity contribution < 1.29 is 4.79 Å². The maximum Gasteiger partial charge on any atom is 0.256 e. The van der Waals surface area contributed by atoms with Crippen LogP contribution in [-0.4, -0.2) is 21.4 Å². The summed E-state index contributed by atoms with van der Waals surface area (Å²) in [4.78, 5) is 13.7. The molecule has 0 fully saturated rings. The van der Waals surface area contributed by atoms with Gasteiger partial charge in [0.1, 0.15) is 0 Å². The van der Waals surface area contributed by atoms with Crippen LogP contribution in [0.1, 0.15) is 23.0 Å². The lowest BCUT2D eigenvalue weighted by Crippen LogP contribution is -2.13. The minimum atomic E-state index is -0.186. The van der Waals surface area contributed by atoms with Gasteiger partial charge < -0.3 is 5.32 Å². The topological polar surface area (TPSA) is 46.9 Å². The average Bonchev–Trinajstić information content (AvgIpc) is 2.98. The minimum Gasteiger partial charge on any atom is -0.319 e. The van der Waals surface area contributed by atoms with Gasteiger partial charge in [0, 0.05) is 9.92 Å². The first-order valence-electron chi connectivity index (χ1n) is 7.94. The molecule has 1 heterocycles. The molecule has 25 heavy (non-hydrogen) atoms. The number of anilines is 1. The Kier molecular flexibility index (Phi) is 5.46. The van der Waals surface area contributed by atoms with Crippen LogP contribution in [0, 0.1) is 6.92 Å². The molecule has 1 aromatic heterocycles. The third-order valence-electron chi connectivity index (χ3n) is 3.74. The number of carbonyl (C=O) groups is 1. The quantitative estimate of drug-likeness (QED) is 0.627. The number of benzene rings is 2. The number of para-hydroxylation sites is 1. The van der Waals surface area contributed by atoms with E-state index in [-0.39, 0.29) is 5.91 Å². The molecule has 0 radical (unpaired) electrons. The van der Waals surface area contributed by atoms with Gasteiger partial charge in [-0.2, -0.15) is 5.10 Å². The highest BCUT2D eigenvalue weighted by molar-refractivity contribution is 7.99. The summed E-state index contributed by atoms with van der Waals surface area (Å²) in [6.45, 7) is 3.98. The molecule has 0 aliphatic carbocycles. The first-order valence-corrected chi connectivity index (χ1v) is 9.30. The lowest BCUT2D eigenvalue weighted by atomic mass is 10.2. The number of halogens is 1. The molecule has 128 valence electrons. The lowest BCUT2D eigenvalue weighted by Gasteiger charge is -2.10. The molecule has 0 saturated carbocycles. The van der Waals surface area contributed by atoms with Crippen molar-refractivity contribution in [2.24, 2.45) is 0 Å². The molecular weight excluding hydrogens is 354 g/mol. The molecule has 0 bridgehead atoms. The van der Waals surface area contributed by atoms with Gasteiger partial charge in [0.25, 0.3) is 5.91 Å². The molecule has 3 aromatic rings. The molecule has 0 atom stereocenters. The highest BCUT2D eigenvalue weighted by atomic mass is 35.5. The number of amides is 1. The summed E-state index contributed by atoms with van der Waals surface area (Å²) >= 11 is 7.69. The van der Waals surface area contributed by atoms with E-state index in [4.69, 9.17) is 11.6 Å². The van der Waals surface area contributed by atoms with E-state index >= 15 is 0 Å². The third kappa shape index (κ3) is 3.89. The normalized spacial score (nSPS) is 10.7. The molecule has 0 saturated heterocycles. The Morgan fingerprint density at radius 3 is 2.72 bits per heavy atom. The molecule has 1 amide bonds. The van der Waals surface area contributed by atoms with Crippen molar-refractivity contribution in [1.29, 1.82) is 0 Å². The molecular formula is C19H18ClN3OS. The predicted octanol–water partition coefficient (Wildman–Crippen LogP) is 5.20. The Morgan fingerprint density at radius 2 is 2.00 bits per heavy atom. The average molecular weight is 372 g/mol. The van der Waals surface area contributed by atoms with Gasteiger partial charge in [-0.05, 0) is 43.0 Å². The number of thioether (sulfide) groups is 1. The molecule has 0 unspecified atom stereocenters. The van der Waals surface area contributed by atoms with Crippen molar-refractivity contribution in [1.82, 2.24) is 9.78 Å². The molecule has 1 N–H and O–H groups in total. The van der Waals surface area contributed by atoms with Crippen molar-refractivity contribution in [2.45, 2.75) is 18.7 Å². The zero-order chi connectivity index (χ0) is 17.8. The van der Waals surface area contributed by atoms with Crippen molar-refractivity contribution in [2.75, 3.05) is 11.1 Å². The van der Waals surface area contributed by atoms with Gasteiger partial charge >= 0.3 is 0 Å². The highest BCUT2D eigenvalue weighted by Gasteiger charge is 2.16. The lowest BCUT2D eigenvalue weighted by molar-refractivity contribution is 0.102. The fourth-order valence-corrected chi connectivity index (χ4v) is 3.47. The number of carbonyl (C=O) groups excluding carboxylic acids is 1. The van der Waals surface area contributed by atoms with E-state index in [1.54, 1.807) is 34.8 Å². The van der Waals surface area contributed by atoms with Crippen molar-refractivity contribution in [3.8, 4) is 5.69 Å². The second kappa shape index (κ2) is 7.76. The zero-order valence-electron chi connectivity index (χ0n) is 14.0. The van der Waals surface area contributed by atoms with Crippen molar-refractivity contribution >= 4 is 35.0 Å². The van der Waals surface area contributed by atoms with Crippen LogP contribution >= 0.6 is 23.4 Å². The van der Waals surface area contributed by atoms with E-state index in [1.165, 1.54) is 0 Å². The Hall–Kier alpha value is -2.24. The second-order valence-electron chi connectivity index (χ2n) is 5.42. The minimum absolute atomic E-state index is 0.186. The second-order valence-corrected chi connectivity index (χ2v) is 7.16. The summed E-state index contributed by atoms with van der Waals surface area (Å²) in [6.07, 6.45) is 1.66. The number of hydrogen-bond donors (Lipinski definition) is 1. The molecule has 2 aromatic carbocycles. The predicted molar refractivity (Wildman–Crippen MR) is 104 cm³/mol. The zero-order valence-corrected chi connectivity index (χ0v) is 15.6. The van der Waals surface area contributed by atoms with Crippen LogP contribution in [0.25, 0.3) is 5.69 Å². The van der Waals surface area contributed by atoms with E-state index in [1.807, 2.05) is 43.3 Å². The first-order chi connectivity index (χ1) is 12.1. The maximum atomic E-state index is 12.7. The number of hydrogen-bond acceptors (Lipinski definition) is 3. The number of nitrogens with one attached hydrogen (secondary N) is 1. The van der Waals surface area contributed by atoms with E-state index in [2.05, 4.69) is 17.3 Å². The van der Waals surface area contributed by atoms with Crippen LogP contribution in [-0.2, 0) is 0 Å². The molecule has 0 aliphatic heterocycles. The van der Waals surface area contributed by atoms with Crippen molar-refractivity contribution in [3.63, 3.8) is 0 Å². The van der Waals surface area contributed by atoms with Gasteiger partial charge in [-0.25, -0.2) is 4.68 Å². The number of nitrogens with zero attached hydrogens (tertiary/aromatic N) is 2. The van der Waals surface area contributed by atoms with E-state index < -0.39 is 0 Å². The van der Waals surface area contributed by atoms with Crippen LogP contribution in [0.5, 0.6) is 0 Å². The van der Waals surface area contributed by atoms with Crippen LogP contribution in [0.15, 0.2) is 59.6 Å². The van der Waals surface area contributed by atoms with Gasteiger partial charge in [-0.3, -0.25) is 4.79 Å². The largest absolute Gasteiger partial charge is 0.319 e. The molecule has 0 aliphatic rings. The molecule has 4 nitrogen and oxygen atoms in total. The Bertz CT molecular complexity index is 893. The fraction of sp³-hybridized carbons (Fsp3) is 0.158. The standard InChI is InChI=1S/C19H18ClN3OS/c1-3-25-18-10-9-14(20)11-16(18)19(24)22-17-12-21-23(13(17)2)15-7-5-4-6-8-15/h4-12H,3H2,1-2H3,(H,22,24). The summed E-state index contributed by atoms with van der Waals surface area (Å²) in [5.41, 5.74) is 3.07. The number of rotatable bonds is 5. The van der Waals surface area contributed by atoms with E-state index in [0.29, 0.717) is 16.3 Å². The summed E-state index contributed by atoms with van der Waals surface area (Å²) < 4.78 is 1.80. The van der Waals surface area contributed by atoms with E-state index in [9.17, 15) is 4.79 Å².